The molecular formula is C21H19N3O+2. The number of aromatic nitrogens is 2. The number of nitrogens with one attached hydrogen (secondary N) is 3. The first kappa shape index (κ1) is 15.1. The van der Waals surface area contributed by atoms with Crippen molar-refractivity contribution in [3.63, 3.8) is 0 Å². The van der Waals surface area contributed by atoms with E-state index in [1.165, 1.54) is 0 Å². The summed E-state index contributed by atoms with van der Waals surface area (Å²) < 4.78 is 0. The van der Waals surface area contributed by atoms with Gasteiger partial charge in [-0.05, 0) is 24.3 Å². The van der Waals surface area contributed by atoms with Gasteiger partial charge in [0.05, 0.1) is 11.6 Å². The lowest BCUT2D eigenvalue weighted by molar-refractivity contribution is -0.361. The van der Waals surface area contributed by atoms with Gasteiger partial charge in [0.2, 0.25) is 0 Å². The van der Waals surface area contributed by atoms with Crippen molar-refractivity contribution in [1.82, 2.24) is 0 Å². The fourth-order valence-electron chi connectivity index (χ4n) is 3.05. The van der Waals surface area contributed by atoms with Gasteiger partial charge in [0, 0.05) is 23.3 Å². The zero-order valence-corrected chi connectivity index (χ0v) is 13.6. The summed E-state index contributed by atoms with van der Waals surface area (Å²) in [7, 11) is 0. The van der Waals surface area contributed by atoms with Crippen molar-refractivity contribution in [3.05, 3.63) is 96.3 Å². The van der Waals surface area contributed by atoms with Crippen LogP contribution in [0.3, 0.4) is 0 Å². The molecule has 0 aliphatic carbocycles. The number of aromatic hydroxyl groups is 1. The second-order valence-corrected chi connectivity index (χ2v) is 5.90. The van der Waals surface area contributed by atoms with Crippen LogP contribution < -0.4 is 15.3 Å². The SMILES string of the molecule is Oc1c(C(Nc2cccc[nH+]2)c2ccccc2)ccc2ccc[nH+]c12. The number of pyridine rings is 2. The molecule has 0 saturated carbocycles. The van der Waals surface area contributed by atoms with Gasteiger partial charge in [-0.15, -0.1) is 0 Å². The minimum Gasteiger partial charge on any atom is -0.502 e. The molecular weight excluding hydrogens is 310 g/mol. The van der Waals surface area contributed by atoms with E-state index in [1.807, 2.05) is 73.1 Å². The van der Waals surface area contributed by atoms with E-state index in [1.54, 1.807) is 0 Å². The smallest absolute Gasteiger partial charge is 0.272 e. The van der Waals surface area contributed by atoms with Crippen molar-refractivity contribution >= 4 is 16.7 Å². The first-order valence-electron chi connectivity index (χ1n) is 8.23. The molecule has 25 heavy (non-hydrogen) atoms. The number of H-pyrrole nitrogens is 2. The van der Waals surface area contributed by atoms with Crippen molar-refractivity contribution < 1.29 is 15.1 Å². The number of benzene rings is 2. The Kier molecular flexibility index (Phi) is 4.01. The van der Waals surface area contributed by atoms with E-state index in [0.29, 0.717) is 0 Å². The predicted octanol–water partition coefficient (Wildman–Crippen LogP) is 3.38. The highest BCUT2D eigenvalue weighted by molar-refractivity contribution is 5.83. The van der Waals surface area contributed by atoms with Crippen LogP contribution in [0.1, 0.15) is 17.2 Å². The summed E-state index contributed by atoms with van der Waals surface area (Å²) >= 11 is 0. The summed E-state index contributed by atoms with van der Waals surface area (Å²) in [6.07, 6.45) is 3.69. The Morgan fingerprint density at radius 3 is 2.36 bits per heavy atom. The van der Waals surface area contributed by atoms with Gasteiger partial charge in [-0.2, -0.15) is 0 Å². The van der Waals surface area contributed by atoms with Crippen LogP contribution in [0, 0.1) is 0 Å². The molecule has 4 rings (SSSR count). The van der Waals surface area contributed by atoms with E-state index < -0.39 is 0 Å². The van der Waals surface area contributed by atoms with Crippen molar-refractivity contribution in [2.24, 2.45) is 0 Å². The summed E-state index contributed by atoms with van der Waals surface area (Å²) in [5.74, 6) is 1.14. The van der Waals surface area contributed by atoms with Gasteiger partial charge < -0.3 is 5.11 Å². The maximum Gasteiger partial charge on any atom is 0.272 e. The van der Waals surface area contributed by atoms with Gasteiger partial charge in [0.25, 0.3) is 11.3 Å². The Morgan fingerprint density at radius 1 is 0.760 bits per heavy atom. The maximum absolute atomic E-state index is 10.9. The molecule has 0 aliphatic rings. The molecule has 0 amide bonds. The Morgan fingerprint density at radius 2 is 1.56 bits per heavy atom. The van der Waals surface area contributed by atoms with Crippen molar-refractivity contribution in [2.75, 3.05) is 5.32 Å². The van der Waals surface area contributed by atoms with Crippen LogP contribution in [0.4, 0.5) is 5.82 Å². The van der Waals surface area contributed by atoms with E-state index in [-0.39, 0.29) is 11.8 Å². The zero-order chi connectivity index (χ0) is 17.1. The molecule has 4 N–H and O–H groups in total. The fourth-order valence-corrected chi connectivity index (χ4v) is 3.05. The molecule has 0 radical (unpaired) electrons. The van der Waals surface area contributed by atoms with Gasteiger partial charge in [-0.3, -0.25) is 5.32 Å². The van der Waals surface area contributed by atoms with E-state index in [2.05, 4.69) is 27.4 Å². The molecule has 4 heteroatoms. The predicted molar refractivity (Wildman–Crippen MR) is 97.1 cm³/mol. The highest BCUT2D eigenvalue weighted by Crippen LogP contribution is 2.34. The molecule has 0 bridgehead atoms. The van der Waals surface area contributed by atoms with Crippen LogP contribution in [0.2, 0.25) is 0 Å². The fraction of sp³-hybridized carbons (Fsp3) is 0.0476. The average Bonchev–Trinajstić information content (AvgIpc) is 2.69. The largest absolute Gasteiger partial charge is 0.502 e. The third-order valence-electron chi connectivity index (χ3n) is 4.29. The Balaban J connectivity index is 1.85. The summed E-state index contributed by atoms with van der Waals surface area (Å²) in [6, 6.07) is 23.7. The number of hydrogen-bond donors (Lipinski definition) is 2. The van der Waals surface area contributed by atoms with Crippen molar-refractivity contribution in [2.45, 2.75) is 6.04 Å². The standard InChI is InChI=1S/C21H17N3O/c25-21-17(12-11-16-9-6-14-23-20(16)21)19(15-7-2-1-3-8-15)24-18-10-4-5-13-22-18/h1-14,19,25H,(H,22,24)/p+2. The Labute approximate surface area is 145 Å². The van der Waals surface area contributed by atoms with Crippen LogP contribution in [-0.4, -0.2) is 5.11 Å². The molecule has 0 fully saturated rings. The third-order valence-corrected chi connectivity index (χ3v) is 4.29. The van der Waals surface area contributed by atoms with E-state index >= 15 is 0 Å². The second kappa shape index (κ2) is 6.61. The summed E-state index contributed by atoms with van der Waals surface area (Å²) in [4.78, 5) is 6.34. The van der Waals surface area contributed by atoms with Crippen LogP contribution in [-0.2, 0) is 0 Å². The number of fused-ring (bicyclic) bond motifs is 1. The zero-order valence-electron chi connectivity index (χ0n) is 13.6. The summed E-state index contributed by atoms with van der Waals surface area (Å²) in [6.45, 7) is 0. The van der Waals surface area contributed by atoms with Crippen molar-refractivity contribution in [1.29, 1.82) is 0 Å². The van der Waals surface area contributed by atoms with Crippen molar-refractivity contribution in [3.8, 4) is 5.75 Å². The van der Waals surface area contributed by atoms with E-state index in [4.69, 9.17) is 0 Å². The van der Waals surface area contributed by atoms with Crippen LogP contribution >= 0.6 is 0 Å². The number of aromatic amines is 2. The molecule has 0 saturated heterocycles. The van der Waals surface area contributed by atoms with Crippen LogP contribution in [0.25, 0.3) is 10.9 Å². The lowest BCUT2D eigenvalue weighted by atomic mass is 9.96. The molecule has 122 valence electrons. The van der Waals surface area contributed by atoms with Gasteiger partial charge in [-0.1, -0.05) is 36.4 Å². The topological polar surface area (TPSA) is 60.5 Å². The molecule has 0 spiro atoms. The molecule has 1 atom stereocenters. The van der Waals surface area contributed by atoms with Gasteiger partial charge in [-0.25, -0.2) is 9.97 Å². The lowest BCUT2D eigenvalue weighted by Crippen LogP contribution is -2.19. The van der Waals surface area contributed by atoms with Crippen LogP contribution in [0.15, 0.2) is 85.2 Å². The summed E-state index contributed by atoms with van der Waals surface area (Å²) in [5, 5.41) is 15.3. The number of phenols is 1. The van der Waals surface area contributed by atoms with Gasteiger partial charge >= 0.3 is 0 Å². The number of hydrogen-bond acceptors (Lipinski definition) is 2. The summed E-state index contributed by atoms with van der Waals surface area (Å²) in [5.41, 5.74) is 2.63. The van der Waals surface area contributed by atoms with E-state index in [9.17, 15) is 5.11 Å². The lowest BCUT2D eigenvalue weighted by Gasteiger charge is -2.16. The normalized spacial score (nSPS) is 12.0. The van der Waals surface area contributed by atoms with Gasteiger partial charge in [0.15, 0.2) is 11.9 Å². The second-order valence-electron chi connectivity index (χ2n) is 5.90. The first-order valence-corrected chi connectivity index (χ1v) is 8.23. The molecule has 1 unspecified atom stereocenters. The highest BCUT2D eigenvalue weighted by Gasteiger charge is 2.25. The number of anilines is 1. The first-order chi connectivity index (χ1) is 12.3. The molecule has 4 nitrogen and oxygen atoms in total. The molecule has 2 heterocycles. The quantitative estimate of drug-likeness (QED) is 0.603. The molecule has 0 aliphatic heterocycles. The molecule has 4 aromatic rings. The Bertz CT molecular complexity index is 988. The minimum atomic E-state index is -0.183. The Hall–Kier alpha value is -3.40. The number of rotatable bonds is 4. The third kappa shape index (κ3) is 3.02. The van der Waals surface area contributed by atoms with Gasteiger partial charge in [0.1, 0.15) is 6.04 Å². The molecule has 2 aromatic carbocycles. The maximum atomic E-state index is 10.9. The molecule has 2 aromatic heterocycles. The average molecular weight is 329 g/mol. The minimum absolute atomic E-state index is 0.183. The highest BCUT2D eigenvalue weighted by atomic mass is 16.3. The van der Waals surface area contributed by atoms with Crippen LogP contribution in [0.5, 0.6) is 5.75 Å². The van der Waals surface area contributed by atoms with E-state index in [0.717, 1.165) is 27.8 Å². The monoisotopic (exact) mass is 329 g/mol. The number of phenolic OH excluding ortho intramolecular Hbond substituents is 1.